The van der Waals surface area contributed by atoms with Crippen molar-refractivity contribution in [3.05, 3.63) is 65.2 Å². The summed E-state index contributed by atoms with van der Waals surface area (Å²) in [7, 11) is -3.54. The number of hydrogen-bond acceptors (Lipinski definition) is 4. The molecule has 7 nitrogen and oxygen atoms in total. The molecule has 2 aromatic rings. The van der Waals surface area contributed by atoms with Crippen LogP contribution in [0.2, 0.25) is 5.02 Å². The van der Waals surface area contributed by atoms with E-state index >= 15 is 0 Å². The number of anilines is 1. The van der Waals surface area contributed by atoms with Crippen LogP contribution in [0.4, 0.5) is 5.69 Å². The Kier molecular flexibility index (Phi) is 10.4. The number of carbonyl (C=O) groups is 2. The van der Waals surface area contributed by atoms with Crippen molar-refractivity contribution >= 4 is 39.1 Å². The average molecular weight is 508 g/mol. The van der Waals surface area contributed by atoms with Crippen molar-refractivity contribution in [1.82, 2.24) is 10.2 Å². The van der Waals surface area contributed by atoms with Gasteiger partial charge in [0.1, 0.15) is 6.04 Å². The van der Waals surface area contributed by atoms with E-state index in [1.54, 1.807) is 36.1 Å². The largest absolute Gasteiger partial charge is 0.352 e. The Morgan fingerprint density at radius 1 is 1.03 bits per heavy atom. The zero-order valence-corrected chi connectivity index (χ0v) is 21.8. The molecule has 0 aliphatic heterocycles. The van der Waals surface area contributed by atoms with Crippen LogP contribution in [0.1, 0.15) is 45.6 Å². The summed E-state index contributed by atoms with van der Waals surface area (Å²) < 4.78 is 25.9. The summed E-state index contributed by atoms with van der Waals surface area (Å²) in [6.07, 6.45) is 2.33. The van der Waals surface area contributed by atoms with Gasteiger partial charge in [-0.05, 0) is 56.5 Å². The summed E-state index contributed by atoms with van der Waals surface area (Å²) in [6.45, 7) is 6.05. The minimum atomic E-state index is -3.54. The van der Waals surface area contributed by atoms with Gasteiger partial charge in [0.05, 0.1) is 11.9 Å². The molecule has 0 unspecified atom stereocenters. The van der Waals surface area contributed by atoms with E-state index in [9.17, 15) is 18.0 Å². The van der Waals surface area contributed by atoms with E-state index in [0.29, 0.717) is 23.7 Å². The molecule has 0 saturated carbocycles. The van der Waals surface area contributed by atoms with E-state index < -0.39 is 16.1 Å². The summed E-state index contributed by atoms with van der Waals surface area (Å²) in [6, 6.07) is 15.3. The van der Waals surface area contributed by atoms with E-state index in [4.69, 9.17) is 11.6 Å². The van der Waals surface area contributed by atoms with Gasteiger partial charge in [0, 0.05) is 30.6 Å². The Labute approximate surface area is 208 Å². The molecule has 0 bridgehead atoms. The predicted octanol–water partition coefficient (Wildman–Crippen LogP) is 4.22. The lowest BCUT2D eigenvalue weighted by Crippen LogP contribution is -2.49. The molecule has 0 radical (unpaired) electrons. The molecule has 186 valence electrons. The minimum Gasteiger partial charge on any atom is -0.352 e. The molecule has 34 heavy (non-hydrogen) atoms. The third-order valence-corrected chi connectivity index (χ3v) is 7.08. The maximum absolute atomic E-state index is 13.2. The molecule has 2 rings (SSSR count). The fourth-order valence-electron chi connectivity index (χ4n) is 3.44. The second-order valence-electron chi connectivity index (χ2n) is 8.42. The molecule has 0 fully saturated rings. The van der Waals surface area contributed by atoms with Crippen molar-refractivity contribution in [3.63, 3.8) is 0 Å². The number of amides is 2. The SMILES string of the molecule is CC[C@H](C)NC(=O)[C@H](C)N(Cc1ccccc1)C(=O)CCCN(c1ccc(Cl)cc1)S(C)(=O)=O. The first-order chi connectivity index (χ1) is 16.0. The highest BCUT2D eigenvalue weighted by Crippen LogP contribution is 2.21. The van der Waals surface area contributed by atoms with Crippen molar-refractivity contribution in [3.8, 4) is 0 Å². The number of hydrogen-bond donors (Lipinski definition) is 1. The first-order valence-corrected chi connectivity index (χ1v) is 13.6. The van der Waals surface area contributed by atoms with Gasteiger partial charge >= 0.3 is 0 Å². The molecule has 0 heterocycles. The van der Waals surface area contributed by atoms with Crippen LogP contribution >= 0.6 is 11.6 Å². The van der Waals surface area contributed by atoms with Crippen LogP contribution in [-0.4, -0.2) is 50.0 Å². The molecule has 0 aliphatic rings. The lowest BCUT2D eigenvalue weighted by Gasteiger charge is -2.30. The third kappa shape index (κ3) is 8.33. The van der Waals surface area contributed by atoms with Crippen molar-refractivity contribution in [2.24, 2.45) is 0 Å². The summed E-state index contributed by atoms with van der Waals surface area (Å²) in [5.74, 6) is -0.419. The second-order valence-corrected chi connectivity index (χ2v) is 10.8. The number of halogens is 1. The summed E-state index contributed by atoms with van der Waals surface area (Å²) in [4.78, 5) is 27.5. The van der Waals surface area contributed by atoms with E-state index in [-0.39, 0.29) is 30.8 Å². The van der Waals surface area contributed by atoms with Crippen LogP contribution in [0.25, 0.3) is 0 Å². The molecule has 2 atom stereocenters. The Balaban J connectivity index is 2.13. The number of rotatable bonds is 12. The molecular weight excluding hydrogens is 474 g/mol. The van der Waals surface area contributed by atoms with E-state index in [2.05, 4.69) is 5.32 Å². The van der Waals surface area contributed by atoms with Gasteiger partial charge in [-0.1, -0.05) is 48.9 Å². The zero-order valence-electron chi connectivity index (χ0n) is 20.2. The Morgan fingerprint density at radius 3 is 2.21 bits per heavy atom. The monoisotopic (exact) mass is 507 g/mol. The first kappa shape index (κ1) is 27.7. The van der Waals surface area contributed by atoms with Crippen molar-refractivity contribution in [2.45, 2.75) is 58.7 Å². The smallest absolute Gasteiger partial charge is 0.242 e. The fraction of sp³-hybridized carbons (Fsp3) is 0.440. The molecule has 9 heteroatoms. The molecule has 0 aromatic heterocycles. The van der Waals surface area contributed by atoms with Gasteiger partial charge in [-0.3, -0.25) is 13.9 Å². The van der Waals surface area contributed by atoms with E-state index in [1.807, 2.05) is 44.2 Å². The van der Waals surface area contributed by atoms with Gasteiger partial charge in [0.25, 0.3) is 0 Å². The first-order valence-electron chi connectivity index (χ1n) is 11.4. The van der Waals surface area contributed by atoms with Gasteiger partial charge in [-0.15, -0.1) is 0 Å². The quantitative estimate of drug-likeness (QED) is 0.466. The van der Waals surface area contributed by atoms with Gasteiger partial charge in [-0.2, -0.15) is 0 Å². The third-order valence-electron chi connectivity index (χ3n) is 5.63. The van der Waals surface area contributed by atoms with E-state index in [0.717, 1.165) is 18.2 Å². The lowest BCUT2D eigenvalue weighted by atomic mass is 10.1. The fourth-order valence-corrected chi connectivity index (χ4v) is 4.53. The zero-order chi connectivity index (χ0) is 25.3. The van der Waals surface area contributed by atoms with Crippen molar-refractivity contribution < 1.29 is 18.0 Å². The molecule has 0 saturated heterocycles. The van der Waals surface area contributed by atoms with Crippen molar-refractivity contribution in [1.29, 1.82) is 0 Å². The van der Waals surface area contributed by atoms with Gasteiger partial charge in [0.2, 0.25) is 21.8 Å². The van der Waals surface area contributed by atoms with Crippen LogP contribution in [0, 0.1) is 0 Å². The highest BCUT2D eigenvalue weighted by atomic mass is 35.5. The Morgan fingerprint density at radius 2 is 1.65 bits per heavy atom. The summed E-state index contributed by atoms with van der Waals surface area (Å²) in [5.41, 5.74) is 1.40. The van der Waals surface area contributed by atoms with Gasteiger partial charge < -0.3 is 10.2 Å². The minimum absolute atomic E-state index is 0.00585. The molecule has 2 amide bonds. The topological polar surface area (TPSA) is 86.8 Å². The van der Waals surface area contributed by atoms with Crippen LogP contribution < -0.4 is 9.62 Å². The standard InChI is InChI=1S/C25H34ClN3O4S/c1-5-19(2)27-25(31)20(3)28(18-21-10-7-6-8-11-21)24(30)12-9-17-29(34(4,32)33)23-15-13-22(26)14-16-23/h6-8,10-11,13-16,19-20H,5,9,12,17-18H2,1-4H3,(H,27,31)/t19-,20-/m0/s1. The highest BCUT2D eigenvalue weighted by Gasteiger charge is 2.27. The summed E-state index contributed by atoms with van der Waals surface area (Å²) in [5, 5.41) is 3.45. The van der Waals surface area contributed by atoms with Crippen LogP contribution in [0.3, 0.4) is 0 Å². The molecule has 1 N–H and O–H groups in total. The molecule has 0 aliphatic carbocycles. The van der Waals surface area contributed by atoms with Crippen LogP contribution in [0.15, 0.2) is 54.6 Å². The Bertz CT molecular complexity index is 1050. The van der Waals surface area contributed by atoms with Gasteiger partial charge in [0.15, 0.2) is 0 Å². The van der Waals surface area contributed by atoms with Crippen molar-refractivity contribution in [2.75, 3.05) is 17.1 Å². The highest BCUT2D eigenvalue weighted by molar-refractivity contribution is 7.92. The number of nitrogens with one attached hydrogen (secondary N) is 1. The number of carbonyl (C=O) groups excluding carboxylic acids is 2. The molecule has 0 spiro atoms. The maximum atomic E-state index is 13.2. The average Bonchev–Trinajstić information content (AvgIpc) is 2.80. The number of sulfonamides is 1. The molecule has 2 aromatic carbocycles. The predicted molar refractivity (Wildman–Crippen MR) is 137 cm³/mol. The molecular formula is C25H34ClN3O4S. The van der Waals surface area contributed by atoms with Gasteiger partial charge in [-0.25, -0.2) is 8.42 Å². The maximum Gasteiger partial charge on any atom is 0.242 e. The van der Waals surface area contributed by atoms with Crippen LogP contribution in [0.5, 0.6) is 0 Å². The number of nitrogens with zero attached hydrogens (tertiary/aromatic N) is 2. The van der Waals surface area contributed by atoms with E-state index in [1.165, 1.54) is 4.31 Å². The van der Waals surface area contributed by atoms with Crippen LogP contribution in [-0.2, 0) is 26.2 Å². The summed E-state index contributed by atoms with van der Waals surface area (Å²) >= 11 is 5.92. The normalized spacial score (nSPS) is 13.1. The lowest BCUT2D eigenvalue weighted by molar-refractivity contribution is -0.140. The Hall–Kier alpha value is -2.58. The second kappa shape index (κ2) is 12.8. The number of benzene rings is 2.